The summed E-state index contributed by atoms with van der Waals surface area (Å²) in [4.78, 5) is 43.5. The van der Waals surface area contributed by atoms with Gasteiger partial charge in [0.05, 0.1) is 5.92 Å². The van der Waals surface area contributed by atoms with Crippen molar-refractivity contribution in [2.45, 2.75) is 64.3 Å². The second-order valence-corrected chi connectivity index (χ2v) is 14.6. The highest BCUT2D eigenvalue weighted by Gasteiger charge is 2.42. The number of amides is 2. The van der Waals surface area contributed by atoms with E-state index < -0.39 is 29.4 Å². The second-order valence-electron chi connectivity index (χ2n) is 14.6. The van der Waals surface area contributed by atoms with Gasteiger partial charge in [-0.15, -0.1) is 0 Å². The van der Waals surface area contributed by atoms with E-state index in [0.29, 0.717) is 25.1 Å². The molecule has 5 aromatic carbocycles. The number of nitrogens with one attached hydrogen (secondary N) is 1. The Morgan fingerprint density at radius 1 is 0.731 bits per heavy atom. The monoisotopic (exact) mass is 696 g/mol. The Morgan fingerprint density at radius 2 is 1.38 bits per heavy atom. The predicted octanol–water partition coefficient (Wildman–Crippen LogP) is 8.46. The lowest BCUT2D eigenvalue weighted by molar-refractivity contribution is -0.145. The molecule has 0 spiro atoms. The number of carboxylic acids is 1. The molecule has 7 nitrogen and oxygen atoms in total. The number of fused-ring (bicyclic) bond motifs is 2. The van der Waals surface area contributed by atoms with Crippen LogP contribution in [0, 0.1) is 11.8 Å². The van der Waals surface area contributed by atoms with E-state index in [1.54, 1.807) is 4.90 Å². The molecule has 0 radical (unpaired) electrons. The van der Waals surface area contributed by atoms with Gasteiger partial charge < -0.3 is 20.1 Å². The zero-order chi connectivity index (χ0) is 36.5. The highest BCUT2D eigenvalue weighted by atomic mass is 16.5. The van der Waals surface area contributed by atoms with E-state index in [2.05, 4.69) is 5.32 Å². The van der Waals surface area contributed by atoms with Crippen molar-refractivity contribution in [2.75, 3.05) is 13.1 Å². The smallest absolute Gasteiger partial charge is 0.330 e. The van der Waals surface area contributed by atoms with Crippen LogP contribution in [0.5, 0.6) is 5.75 Å². The van der Waals surface area contributed by atoms with Crippen molar-refractivity contribution in [2.24, 2.45) is 11.8 Å². The summed E-state index contributed by atoms with van der Waals surface area (Å²) in [6.45, 7) is 4.42. The van der Waals surface area contributed by atoms with Gasteiger partial charge in [-0.25, -0.2) is 9.59 Å². The molecule has 0 aliphatic heterocycles. The van der Waals surface area contributed by atoms with Crippen molar-refractivity contribution < 1.29 is 24.2 Å². The van der Waals surface area contributed by atoms with Gasteiger partial charge in [-0.2, -0.15) is 0 Å². The summed E-state index contributed by atoms with van der Waals surface area (Å²) in [7, 11) is 0. The molecule has 52 heavy (non-hydrogen) atoms. The number of nitrogens with zero attached hydrogens (tertiary/aromatic N) is 1. The van der Waals surface area contributed by atoms with E-state index in [0.717, 1.165) is 46.7 Å². The van der Waals surface area contributed by atoms with E-state index in [9.17, 15) is 19.5 Å². The zero-order valence-corrected chi connectivity index (χ0v) is 30.1. The number of urea groups is 1. The van der Waals surface area contributed by atoms with E-state index in [1.807, 2.05) is 135 Å². The number of rotatable bonds is 15. The average Bonchev–Trinajstić information content (AvgIpc) is 3.61. The van der Waals surface area contributed by atoms with Crippen LogP contribution in [0.2, 0.25) is 0 Å². The minimum absolute atomic E-state index is 0.0575. The number of aryl methyl sites for hydroxylation is 3. The first-order valence-corrected chi connectivity index (χ1v) is 18.4. The van der Waals surface area contributed by atoms with Gasteiger partial charge >= 0.3 is 18.0 Å². The number of carboxylic acid groups (broad SMARTS) is 1. The largest absolute Gasteiger partial charge is 0.479 e. The third kappa shape index (κ3) is 9.26. The Hall–Kier alpha value is -5.43. The zero-order valence-electron chi connectivity index (χ0n) is 30.1. The quantitative estimate of drug-likeness (QED) is 0.0846. The van der Waals surface area contributed by atoms with Crippen molar-refractivity contribution in [3.63, 3.8) is 0 Å². The van der Waals surface area contributed by atoms with Crippen molar-refractivity contribution in [1.29, 1.82) is 0 Å². The predicted molar refractivity (Wildman–Crippen MR) is 205 cm³/mol. The third-order valence-electron chi connectivity index (χ3n) is 9.98. The molecule has 1 aliphatic carbocycles. The van der Waals surface area contributed by atoms with Crippen LogP contribution in [0.25, 0.3) is 10.8 Å². The molecule has 0 heterocycles. The molecule has 2 atom stereocenters. The number of ether oxygens (including phenoxy) is 1. The average molecular weight is 697 g/mol. The Balaban J connectivity index is 1.29. The molecule has 2 amide bonds. The van der Waals surface area contributed by atoms with Crippen LogP contribution in [0.4, 0.5) is 4.79 Å². The highest BCUT2D eigenvalue weighted by Crippen LogP contribution is 2.28. The summed E-state index contributed by atoms with van der Waals surface area (Å²) >= 11 is 0. The lowest BCUT2D eigenvalue weighted by atomic mass is 9.84. The van der Waals surface area contributed by atoms with E-state index in [-0.39, 0.29) is 25.3 Å². The molecule has 1 unspecified atom stereocenters. The van der Waals surface area contributed by atoms with Gasteiger partial charge in [0, 0.05) is 25.9 Å². The second kappa shape index (κ2) is 16.7. The number of hydrogen-bond donors (Lipinski definition) is 2. The first-order chi connectivity index (χ1) is 25.2. The normalized spacial score (nSPS) is 14.0. The Kier molecular flexibility index (Phi) is 11.7. The first-order valence-electron chi connectivity index (χ1n) is 18.4. The SMILES string of the molecule is CC(C)CN(CC(CCc1ccccc1)C(=O)Oc1ccc2c(c1)CCC2)C(=O)N[C@@](Cc1ccccc1)(Cc1ccc2ccccc2c1)C(=O)O. The molecule has 7 heteroatoms. The summed E-state index contributed by atoms with van der Waals surface area (Å²) in [6.07, 6.45) is 4.32. The number of hydrogen-bond acceptors (Lipinski definition) is 4. The van der Waals surface area contributed by atoms with Crippen LogP contribution in [0.3, 0.4) is 0 Å². The van der Waals surface area contributed by atoms with E-state index >= 15 is 0 Å². The van der Waals surface area contributed by atoms with Crippen LogP contribution < -0.4 is 10.1 Å². The van der Waals surface area contributed by atoms with Gasteiger partial charge in [-0.3, -0.25) is 4.79 Å². The van der Waals surface area contributed by atoms with Crippen molar-refractivity contribution in [3.8, 4) is 5.75 Å². The minimum atomic E-state index is -1.67. The summed E-state index contributed by atoms with van der Waals surface area (Å²) < 4.78 is 6.02. The third-order valence-corrected chi connectivity index (χ3v) is 9.98. The van der Waals surface area contributed by atoms with Crippen molar-refractivity contribution >= 4 is 28.7 Å². The molecule has 0 bridgehead atoms. The standard InChI is InChI=1S/C45H48N2O5/c1-32(2)30-47(31-40(23-20-33-12-5-3-6-13-33)42(48)52-41-25-24-37-18-11-19-39(37)27-41)44(51)46-45(43(49)50,28-34-14-7-4-8-15-34)29-35-21-22-36-16-9-10-17-38(36)26-35/h3-10,12-17,21-22,24-27,32,40H,11,18-20,23,28-31H2,1-2H3,(H,46,51)(H,49,50)/t40?,45-/m0/s1. The van der Waals surface area contributed by atoms with Gasteiger partial charge in [0.2, 0.25) is 0 Å². The summed E-state index contributed by atoms with van der Waals surface area (Å²) in [5.41, 5.74) is 3.51. The fourth-order valence-electron chi connectivity index (χ4n) is 7.31. The lowest BCUT2D eigenvalue weighted by Gasteiger charge is -2.35. The summed E-state index contributed by atoms with van der Waals surface area (Å²) in [5, 5.41) is 16.0. The van der Waals surface area contributed by atoms with E-state index in [1.165, 1.54) is 11.1 Å². The Bertz CT molecular complexity index is 1990. The summed E-state index contributed by atoms with van der Waals surface area (Å²) in [6, 6.07) is 38.5. The van der Waals surface area contributed by atoms with Crippen LogP contribution in [0.1, 0.15) is 54.5 Å². The Morgan fingerprint density at radius 3 is 2.10 bits per heavy atom. The van der Waals surface area contributed by atoms with Crippen LogP contribution in [0.15, 0.2) is 121 Å². The number of benzene rings is 5. The first kappa shape index (κ1) is 36.4. The van der Waals surface area contributed by atoms with Crippen molar-refractivity contribution in [3.05, 3.63) is 149 Å². The maximum absolute atomic E-state index is 14.5. The molecule has 6 rings (SSSR count). The Labute approximate surface area is 306 Å². The van der Waals surface area contributed by atoms with Crippen LogP contribution in [-0.4, -0.2) is 46.6 Å². The van der Waals surface area contributed by atoms with Gasteiger partial charge in [-0.1, -0.05) is 123 Å². The number of esters is 1. The number of carbonyl (C=O) groups is 3. The molecular weight excluding hydrogens is 649 g/mol. The van der Waals surface area contributed by atoms with Gasteiger partial charge in [0.1, 0.15) is 11.3 Å². The molecule has 268 valence electrons. The van der Waals surface area contributed by atoms with Gasteiger partial charge in [-0.05, 0) is 88.7 Å². The highest BCUT2D eigenvalue weighted by molar-refractivity contribution is 5.88. The maximum atomic E-state index is 14.5. The lowest BCUT2D eigenvalue weighted by Crippen LogP contribution is -2.61. The minimum Gasteiger partial charge on any atom is -0.479 e. The maximum Gasteiger partial charge on any atom is 0.330 e. The molecule has 2 N–H and O–H groups in total. The number of carbonyl (C=O) groups excluding carboxylic acids is 2. The van der Waals surface area contributed by atoms with Crippen LogP contribution in [-0.2, 0) is 41.7 Å². The fourth-order valence-corrected chi connectivity index (χ4v) is 7.31. The molecule has 0 saturated heterocycles. The molecule has 1 aliphatic rings. The molecule has 0 aromatic heterocycles. The molecule has 0 fully saturated rings. The summed E-state index contributed by atoms with van der Waals surface area (Å²) in [5.74, 6) is -1.60. The van der Waals surface area contributed by atoms with Gasteiger partial charge in [0.25, 0.3) is 0 Å². The molecule has 5 aromatic rings. The van der Waals surface area contributed by atoms with E-state index in [4.69, 9.17) is 4.74 Å². The topological polar surface area (TPSA) is 95.9 Å². The fraction of sp³-hybridized carbons (Fsp3) is 0.311. The number of aliphatic carboxylic acids is 1. The van der Waals surface area contributed by atoms with Crippen molar-refractivity contribution in [1.82, 2.24) is 10.2 Å². The molecular formula is C45H48N2O5. The van der Waals surface area contributed by atoms with Crippen LogP contribution >= 0.6 is 0 Å². The molecule has 0 saturated carbocycles. The van der Waals surface area contributed by atoms with Gasteiger partial charge in [0.15, 0.2) is 0 Å².